The first-order valence-electron chi connectivity index (χ1n) is 6.44. The average Bonchev–Trinajstić information content (AvgIpc) is 2.79. The van der Waals surface area contributed by atoms with E-state index in [9.17, 15) is 4.39 Å². The van der Waals surface area contributed by atoms with Gasteiger partial charge in [0.2, 0.25) is 0 Å². The zero-order valence-corrected chi connectivity index (χ0v) is 10.4. The molecule has 0 saturated heterocycles. The van der Waals surface area contributed by atoms with Gasteiger partial charge in [-0.15, -0.1) is 0 Å². The van der Waals surface area contributed by atoms with Gasteiger partial charge in [-0.25, -0.2) is 4.39 Å². The molecule has 2 aromatic rings. The molecule has 1 aromatic heterocycles. The van der Waals surface area contributed by atoms with Crippen molar-refractivity contribution in [2.75, 3.05) is 13.6 Å². The second-order valence-electron chi connectivity index (χ2n) is 5.27. The maximum Gasteiger partial charge on any atom is 0.132 e. The largest absolute Gasteiger partial charge is 0.345 e. The van der Waals surface area contributed by atoms with Crippen molar-refractivity contribution in [2.24, 2.45) is 0 Å². The molecule has 0 N–H and O–H groups in total. The zero-order valence-electron chi connectivity index (χ0n) is 10.4. The van der Waals surface area contributed by atoms with E-state index in [0.717, 1.165) is 30.4 Å². The highest BCUT2D eigenvalue weighted by Gasteiger charge is 2.30. The van der Waals surface area contributed by atoms with E-state index in [1.807, 2.05) is 18.3 Å². The zero-order chi connectivity index (χ0) is 12.3. The summed E-state index contributed by atoms with van der Waals surface area (Å²) in [6.45, 7) is 2.04. The minimum Gasteiger partial charge on any atom is -0.345 e. The lowest BCUT2D eigenvalue weighted by atomic mass is 9.89. The Morgan fingerprint density at radius 3 is 3.06 bits per heavy atom. The van der Waals surface area contributed by atoms with Crippen LogP contribution >= 0.6 is 0 Å². The van der Waals surface area contributed by atoms with Crippen LogP contribution in [0.15, 0.2) is 30.5 Å². The second-order valence-corrected chi connectivity index (χ2v) is 5.27. The summed E-state index contributed by atoms with van der Waals surface area (Å²) in [7, 11) is 2.17. The van der Waals surface area contributed by atoms with Gasteiger partial charge in [-0.2, -0.15) is 0 Å². The molecule has 3 heterocycles. The first kappa shape index (κ1) is 10.3. The summed E-state index contributed by atoms with van der Waals surface area (Å²) in [5.41, 5.74) is 3.65. The normalized spacial score (nSPS) is 23.0. The van der Waals surface area contributed by atoms with Gasteiger partial charge in [0.1, 0.15) is 5.82 Å². The van der Waals surface area contributed by atoms with Crippen molar-refractivity contribution in [1.29, 1.82) is 0 Å². The molecule has 0 spiro atoms. The standard InChI is InChI=1S/C15H15FN2/c1-17-7-2-3-10-11-4-5-13(16)12-6-8-18(15(11)12)9-14(10)17/h3-6,8,14H,2,7,9H2,1H3/t14-/m1/s1. The topological polar surface area (TPSA) is 8.17 Å². The SMILES string of the molecule is CN1CCC=C2c3ccc(F)c4ccn(c34)C[C@H]21. The molecule has 92 valence electrons. The third-order valence-corrected chi connectivity index (χ3v) is 4.29. The monoisotopic (exact) mass is 242 g/mol. The number of hydrogen-bond acceptors (Lipinski definition) is 1. The first-order valence-corrected chi connectivity index (χ1v) is 6.44. The summed E-state index contributed by atoms with van der Waals surface area (Å²) in [4.78, 5) is 2.40. The highest BCUT2D eigenvalue weighted by molar-refractivity contribution is 5.95. The number of rotatable bonds is 0. The van der Waals surface area contributed by atoms with Crippen molar-refractivity contribution in [3.63, 3.8) is 0 Å². The average molecular weight is 242 g/mol. The van der Waals surface area contributed by atoms with Gasteiger partial charge in [-0.3, -0.25) is 4.90 Å². The molecule has 3 heteroatoms. The molecule has 1 atom stereocenters. The number of likely N-dealkylation sites (N-methyl/N-ethyl adjacent to an activating group) is 1. The van der Waals surface area contributed by atoms with Crippen LogP contribution < -0.4 is 0 Å². The van der Waals surface area contributed by atoms with E-state index < -0.39 is 0 Å². The van der Waals surface area contributed by atoms with Gasteiger partial charge in [0.05, 0.1) is 11.6 Å². The van der Waals surface area contributed by atoms with Gasteiger partial charge in [0.25, 0.3) is 0 Å². The van der Waals surface area contributed by atoms with Crippen molar-refractivity contribution in [3.8, 4) is 0 Å². The lowest BCUT2D eigenvalue weighted by Crippen LogP contribution is -2.41. The molecule has 2 aliphatic heterocycles. The summed E-state index contributed by atoms with van der Waals surface area (Å²) in [6.07, 6.45) is 5.42. The fourth-order valence-corrected chi connectivity index (χ4v) is 3.34. The van der Waals surface area contributed by atoms with Gasteiger partial charge in [0, 0.05) is 30.2 Å². The van der Waals surface area contributed by atoms with E-state index in [-0.39, 0.29) is 5.82 Å². The summed E-state index contributed by atoms with van der Waals surface area (Å²) >= 11 is 0. The molecule has 0 unspecified atom stereocenters. The number of halogens is 1. The minimum absolute atomic E-state index is 0.115. The van der Waals surface area contributed by atoms with Crippen LogP contribution in [0.25, 0.3) is 16.5 Å². The summed E-state index contributed by atoms with van der Waals surface area (Å²) in [5.74, 6) is -0.115. The highest BCUT2D eigenvalue weighted by atomic mass is 19.1. The fourth-order valence-electron chi connectivity index (χ4n) is 3.34. The minimum atomic E-state index is -0.115. The lowest BCUT2D eigenvalue weighted by Gasteiger charge is -2.37. The molecular weight excluding hydrogens is 227 g/mol. The second kappa shape index (κ2) is 3.45. The Kier molecular flexibility index (Phi) is 1.98. The molecular formula is C15H15FN2. The third-order valence-electron chi connectivity index (χ3n) is 4.29. The van der Waals surface area contributed by atoms with Crippen LogP contribution in [0.1, 0.15) is 12.0 Å². The van der Waals surface area contributed by atoms with Crippen molar-refractivity contribution in [1.82, 2.24) is 9.47 Å². The molecule has 2 aliphatic rings. The molecule has 2 nitrogen and oxygen atoms in total. The molecule has 0 fully saturated rings. The Bertz CT molecular complexity index is 668. The molecule has 18 heavy (non-hydrogen) atoms. The van der Waals surface area contributed by atoms with E-state index >= 15 is 0 Å². The van der Waals surface area contributed by atoms with Crippen LogP contribution in [0, 0.1) is 5.82 Å². The molecule has 0 radical (unpaired) electrons. The predicted molar refractivity (Wildman–Crippen MR) is 70.9 cm³/mol. The van der Waals surface area contributed by atoms with Gasteiger partial charge in [-0.1, -0.05) is 6.08 Å². The van der Waals surface area contributed by atoms with Crippen LogP contribution in [0.4, 0.5) is 4.39 Å². The number of fused-ring (bicyclic) bond motifs is 2. The smallest absolute Gasteiger partial charge is 0.132 e. The van der Waals surface area contributed by atoms with Crippen LogP contribution in [0.3, 0.4) is 0 Å². The molecule has 0 saturated carbocycles. The molecule has 0 bridgehead atoms. The Morgan fingerprint density at radius 2 is 2.17 bits per heavy atom. The third kappa shape index (κ3) is 1.20. The van der Waals surface area contributed by atoms with E-state index in [2.05, 4.69) is 22.6 Å². The maximum absolute atomic E-state index is 13.8. The van der Waals surface area contributed by atoms with Crippen molar-refractivity contribution in [3.05, 3.63) is 41.9 Å². The number of aromatic nitrogens is 1. The lowest BCUT2D eigenvalue weighted by molar-refractivity contribution is 0.260. The Morgan fingerprint density at radius 1 is 1.28 bits per heavy atom. The molecule has 4 rings (SSSR count). The van der Waals surface area contributed by atoms with Gasteiger partial charge in [0.15, 0.2) is 0 Å². The van der Waals surface area contributed by atoms with Crippen LogP contribution in [0.2, 0.25) is 0 Å². The molecule has 0 aliphatic carbocycles. The number of hydrogen-bond donors (Lipinski definition) is 0. The van der Waals surface area contributed by atoms with Crippen LogP contribution in [-0.2, 0) is 6.54 Å². The maximum atomic E-state index is 13.8. The van der Waals surface area contributed by atoms with E-state index in [4.69, 9.17) is 0 Å². The van der Waals surface area contributed by atoms with Crippen LogP contribution in [0.5, 0.6) is 0 Å². The van der Waals surface area contributed by atoms with Crippen LogP contribution in [-0.4, -0.2) is 29.1 Å². The Labute approximate surface area is 105 Å². The van der Waals surface area contributed by atoms with Crippen molar-refractivity contribution >= 4 is 16.5 Å². The fraction of sp³-hybridized carbons (Fsp3) is 0.333. The summed E-state index contributed by atoms with van der Waals surface area (Å²) < 4.78 is 16.0. The van der Waals surface area contributed by atoms with Crippen molar-refractivity contribution < 1.29 is 4.39 Å². The van der Waals surface area contributed by atoms with Gasteiger partial charge < -0.3 is 4.57 Å². The van der Waals surface area contributed by atoms with E-state index in [1.54, 1.807) is 6.07 Å². The number of benzene rings is 1. The molecule has 0 amide bonds. The van der Waals surface area contributed by atoms with E-state index in [1.165, 1.54) is 11.1 Å². The Balaban J connectivity index is 2.04. The Hall–Kier alpha value is -1.61. The van der Waals surface area contributed by atoms with Gasteiger partial charge in [-0.05, 0) is 37.2 Å². The highest BCUT2D eigenvalue weighted by Crippen LogP contribution is 2.37. The quantitative estimate of drug-likeness (QED) is 0.689. The summed E-state index contributed by atoms with van der Waals surface area (Å²) in [5, 5.41) is 0.750. The molecule has 1 aromatic carbocycles. The van der Waals surface area contributed by atoms with Crippen molar-refractivity contribution in [2.45, 2.75) is 19.0 Å². The first-order chi connectivity index (χ1) is 8.75. The number of nitrogens with zero attached hydrogens (tertiary/aromatic N) is 2. The predicted octanol–water partition coefficient (Wildman–Crippen LogP) is 2.88. The summed E-state index contributed by atoms with van der Waals surface area (Å²) in [6, 6.07) is 5.87. The van der Waals surface area contributed by atoms with E-state index in [0.29, 0.717) is 6.04 Å². The van der Waals surface area contributed by atoms with Gasteiger partial charge >= 0.3 is 0 Å².